The van der Waals surface area contributed by atoms with Crippen LogP contribution in [-0.4, -0.2) is 23.7 Å². The van der Waals surface area contributed by atoms with Gasteiger partial charge in [0.25, 0.3) is 0 Å². The van der Waals surface area contributed by atoms with Gasteiger partial charge in [0.15, 0.2) is 0 Å². The first kappa shape index (κ1) is 11.5. The van der Waals surface area contributed by atoms with Crippen LogP contribution in [0.25, 0.3) is 0 Å². The number of hydrogen-bond acceptors (Lipinski definition) is 3. The number of rotatable bonds is 4. The van der Waals surface area contributed by atoms with E-state index in [0.29, 0.717) is 6.54 Å². The Morgan fingerprint density at radius 3 is 2.33 bits per heavy atom. The lowest BCUT2D eigenvalue weighted by Crippen LogP contribution is -2.15. The van der Waals surface area contributed by atoms with Crippen LogP contribution in [-0.2, 0) is 4.79 Å². The smallest absolute Gasteiger partial charge is 0.221 e. The number of amides is 1. The lowest BCUT2D eigenvalue weighted by Gasteiger charge is -2.09. The van der Waals surface area contributed by atoms with Crippen LogP contribution < -0.4 is 10.6 Å². The van der Waals surface area contributed by atoms with Gasteiger partial charge in [-0.3, -0.25) is 4.79 Å². The van der Waals surface area contributed by atoms with E-state index < -0.39 is 0 Å². The van der Waals surface area contributed by atoms with E-state index in [1.54, 1.807) is 6.92 Å². The molecule has 82 valence electrons. The second-order valence-electron chi connectivity index (χ2n) is 3.49. The fourth-order valence-corrected chi connectivity index (χ4v) is 1.14. The van der Waals surface area contributed by atoms with Crippen molar-refractivity contribution in [2.45, 2.75) is 20.0 Å². The maximum Gasteiger partial charge on any atom is 0.221 e. The molecule has 0 aliphatic carbocycles. The van der Waals surface area contributed by atoms with Crippen molar-refractivity contribution >= 4 is 17.3 Å². The van der Waals surface area contributed by atoms with Gasteiger partial charge >= 0.3 is 0 Å². The first-order valence-corrected chi connectivity index (χ1v) is 4.87. The summed E-state index contributed by atoms with van der Waals surface area (Å²) >= 11 is 0. The van der Waals surface area contributed by atoms with Crippen LogP contribution in [0.2, 0.25) is 0 Å². The third kappa shape index (κ3) is 4.46. The van der Waals surface area contributed by atoms with Gasteiger partial charge in [-0.1, -0.05) is 0 Å². The van der Waals surface area contributed by atoms with Crippen molar-refractivity contribution in [1.29, 1.82) is 0 Å². The predicted molar refractivity (Wildman–Crippen MR) is 60.9 cm³/mol. The van der Waals surface area contributed by atoms with E-state index in [9.17, 15) is 4.79 Å². The number of aliphatic hydroxyl groups is 1. The summed E-state index contributed by atoms with van der Waals surface area (Å²) < 4.78 is 0. The van der Waals surface area contributed by atoms with Crippen LogP contribution in [0.1, 0.15) is 13.8 Å². The van der Waals surface area contributed by atoms with Crippen LogP contribution in [0.15, 0.2) is 24.3 Å². The predicted octanol–water partition coefficient (Wildman–Crippen LogP) is 1.44. The highest BCUT2D eigenvalue weighted by molar-refractivity contribution is 5.88. The van der Waals surface area contributed by atoms with Gasteiger partial charge in [0.2, 0.25) is 5.91 Å². The summed E-state index contributed by atoms with van der Waals surface area (Å²) in [6, 6.07) is 7.33. The van der Waals surface area contributed by atoms with Crippen molar-refractivity contribution in [2.75, 3.05) is 17.2 Å². The lowest BCUT2D eigenvalue weighted by atomic mass is 10.2. The number of aliphatic hydroxyl groups excluding tert-OH is 1. The molecular weight excluding hydrogens is 192 g/mol. The summed E-state index contributed by atoms with van der Waals surface area (Å²) in [6.07, 6.45) is -0.375. The van der Waals surface area contributed by atoms with Gasteiger partial charge in [-0.25, -0.2) is 0 Å². The van der Waals surface area contributed by atoms with E-state index in [1.165, 1.54) is 6.92 Å². The molecule has 0 aromatic heterocycles. The topological polar surface area (TPSA) is 61.4 Å². The fraction of sp³-hybridized carbons (Fsp3) is 0.364. The molecule has 4 nitrogen and oxygen atoms in total. The summed E-state index contributed by atoms with van der Waals surface area (Å²) in [5, 5.41) is 14.8. The molecule has 1 amide bonds. The molecule has 0 unspecified atom stereocenters. The van der Waals surface area contributed by atoms with Crippen molar-refractivity contribution in [3.8, 4) is 0 Å². The highest BCUT2D eigenvalue weighted by atomic mass is 16.3. The maximum atomic E-state index is 10.8. The first-order valence-electron chi connectivity index (χ1n) is 4.87. The second-order valence-corrected chi connectivity index (χ2v) is 3.49. The summed E-state index contributed by atoms with van der Waals surface area (Å²) in [7, 11) is 0. The molecule has 1 atom stereocenters. The average Bonchev–Trinajstić information content (AvgIpc) is 2.16. The van der Waals surface area contributed by atoms with Crippen LogP contribution in [0, 0.1) is 0 Å². The Balaban J connectivity index is 2.52. The molecule has 0 radical (unpaired) electrons. The van der Waals surface area contributed by atoms with Crippen LogP contribution >= 0.6 is 0 Å². The van der Waals surface area contributed by atoms with E-state index in [2.05, 4.69) is 10.6 Å². The lowest BCUT2D eigenvalue weighted by molar-refractivity contribution is -0.114. The third-order valence-corrected chi connectivity index (χ3v) is 1.81. The number of anilines is 2. The van der Waals surface area contributed by atoms with Crippen molar-refractivity contribution in [3.63, 3.8) is 0 Å². The molecule has 0 saturated heterocycles. The fourth-order valence-electron chi connectivity index (χ4n) is 1.14. The highest BCUT2D eigenvalue weighted by Crippen LogP contribution is 2.13. The molecule has 0 aliphatic rings. The largest absolute Gasteiger partial charge is 0.392 e. The van der Waals surface area contributed by atoms with Crippen molar-refractivity contribution in [3.05, 3.63) is 24.3 Å². The van der Waals surface area contributed by atoms with Crippen LogP contribution in [0.3, 0.4) is 0 Å². The summed E-state index contributed by atoms with van der Waals surface area (Å²) in [6.45, 7) is 3.71. The molecule has 3 N–H and O–H groups in total. The standard InChI is InChI=1S/C11H16N2O2/c1-8(14)7-12-10-3-5-11(6-4-10)13-9(2)15/h3-6,8,12,14H,7H2,1-2H3,(H,13,15)/t8-/m1/s1. The van der Waals surface area contributed by atoms with E-state index in [4.69, 9.17) is 5.11 Å². The first-order chi connectivity index (χ1) is 7.08. The van der Waals surface area contributed by atoms with Gasteiger partial charge in [0.05, 0.1) is 6.10 Å². The zero-order chi connectivity index (χ0) is 11.3. The summed E-state index contributed by atoms with van der Waals surface area (Å²) in [5.41, 5.74) is 1.69. The van der Waals surface area contributed by atoms with E-state index in [-0.39, 0.29) is 12.0 Å². The summed E-state index contributed by atoms with van der Waals surface area (Å²) in [4.78, 5) is 10.8. The van der Waals surface area contributed by atoms with Crippen LogP contribution in [0.5, 0.6) is 0 Å². The van der Waals surface area contributed by atoms with Gasteiger partial charge in [0, 0.05) is 24.8 Å². The summed E-state index contributed by atoms with van der Waals surface area (Å²) in [5.74, 6) is -0.0836. The van der Waals surface area contributed by atoms with E-state index in [1.807, 2.05) is 24.3 Å². The minimum absolute atomic E-state index is 0.0836. The van der Waals surface area contributed by atoms with E-state index in [0.717, 1.165) is 11.4 Å². The number of carbonyl (C=O) groups is 1. The van der Waals surface area contributed by atoms with Gasteiger partial charge in [-0.15, -0.1) is 0 Å². The Kier molecular flexibility index (Phi) is 4.12. The zero-order valence-electron chi connectivity index (χ0n) is 8.95. The Bertz CT molecular complexity index is 320. The van der Waals surface area contributed by atoms with E-state index >= 15 is 0 Å². The number of nitrogens with one attached hydrogen (secondary N) is 2. The quantitative estimate of drug-likeness (QED) is 0.701. The molecule has 0 bridgehead atoms. The van der Waals surface area contributed by atoms with Crippen molar-refractivity contribution in [2.24, 2.45) is 0 Å². The molecule has 0 saturated carbocycles. The Hall–Kier alpha value is -1.55. The van der Waals surface area contributed by atoms with Gasteiger partial charge < -0.3 is 15.7 Å². The normalized spacial score (nSPS) is 11.9. The molecule has 4 heteroatoms. The Morgan fingerprint density at radius 2 is 1.87 bits per heavy atom. The molecule has 1 aromatic rings. The number of carbonyl (C=O) groups excluding carboxylic acids is 1. The average molecular weight is 208 g/mol. The van der Waals surface area contributed by atoms with Gasteiger partial charge in [-0.2, -0.15) is 0 Å². The maximum absolute atomic E-state index is 10.8. The number of hydrogen-bond donors (Lipinski definition) is 3. The minimum atomic E-state index is -0.375. The van der Waals surface area contributed by atoms with Gasteiger partial charge in [-0.05, 0) is 31.2 Å². The molecule has 0 fully saturated rings. The Labute approximate surface area is 89.3 Å². The molecule has 0 spiro atoms. The Morgan fingerprint density at radius 1 is 1.33 bits per heavy atom. The van der Waals surface area contributed by atoms with Crippen molar-refractivity contribution in [1.82, 2.24) is 0 Å². The molecule has 15 heavy (non-hydrogen) atoms. The molecule has 0 heterocycles. The monoisotopic (exact) mass is 208 g/mol. The highest BCUT2D eigenvalue weighted by Gasteiger charge is 1.97. The molecule has 0 aliphatic heterocycles. The van der Waals surface area contributed by atoms with Gasteiger partial charge in [0.1, 0.15) is 0 Å². The minimum Gasteiger partial charge on any atom is -0.392 e. The molecular formula is C11H16N2O2. The molecule has 1 aromatic carbocycles. The van der Waals surface area contributed by atoms with Crippen molar-refractivity contribution < 1.29 is 9.90 Å². The second kappa shape index (κ2) is 5.36. The van der Waals surface area contributed by atoms with Crippen LogP contribution in [0.4, 0.5) is 11.4 Å². The molecule has 1 rings (SSSR count). The zero-order valence-corrected chi connectivity index (χ0v) is 8.95. The number of benzene rings is 1. The SMILES string of the molecule is CC(=O)Nc1ccc(NC[C@@H](C)O)cc1. The third-order valence-electron chi connectivity index (χ3n) is 1.81.